The van der Waals surface area contributed by atoms with E-state index in [2.05, 4.69) is 0 Å². The van der Waals surface area contributed by atoms with Crippen LogP contribution < -0.4 is 10.0 Å². The molecular formula is C14H13ClN2O4S. The van der Waals surface area contributed by atoms with E-state index >= 15 is 0 Å². The average Bonchev–Trinajstić information content (AvgIpc) is 2.42. The van der Waals surface area contributed by atoms with Crippen LogP contribution in [0.4, 0.5) is 17.1 Å². The van der Waals surface area contributed by atoms with Gasteiger partial charge in [-0.2, -0.15) is 0 Å². The van der Waals surface area contributed by atoms with E-state index in [0.29, 0.717) is 0 Å². The van der Waals surface area contributed by atoms with Gasteiger partial charge in [-0.3, -0.25) is 4.79 Å². The first-order valence-electron chi connectivity index (χ1n) is 6.16. The molecular weight excluding hydrogens is 328 g/mol. The number of rotatable bonds is 5. The largest absolute Gasteiger partial charge is 0.480 e. The number of aliphatic carboxylic acids is 1. The zero-order valence-corrected chi connectivity index (χ0v) is 12.9. The Bertz CT molecular complexity index is 794. The van der Waals surface area contributed by atoms with Gasteiger partial charge < -0.3 is 10.8 Å². The zero-order chi connectivity index (χ0) is 16.3. The van der Waals surface area contributed by atoms with E-state index in [1.165, 1.54) is 18.2 Å². The molecule has 0 unspecified atom stereocenters. The van der Waals surface area contributed by atoms with Gasteiger partial charge in [0.1, 0.15) is 0 Å². The molecule has 0 heterocycles. The standard InChI is InChI=1S/C14H13ClN2O4S/c15-10-6-7-12(16)13(8-10)17(11-4-2-1-3-5-11)22(20,21)9-14(18)19/h1-8H,9,16H2,(H,18,19). The van der Waals surface area contributed by atoms with Gasteiger partial charge in [-0.15, -0.1) is 0 Å². The minimum atomic E-state index is -4.17. The summed E-state index contributed by atoms with van der Waals surface area (Å²) in [4.78, 5) is 10.9. The van der Waals surface area contributed by atoms with Crippen LogP contribution in [0.2, 0.25) is 5.02 Å². The topological polar surface area (TPSA) is 101 Å². The monoisotopic (exact) mass is 340 g/mol. The molecule has 3 N–H and O–H groups in total. The third-order valence-corrected chi connectivity index (χ3v) is 4.60. The van der Waals surface area contributed by atoms with Crippen LogP contribution in [0, 0.1) is 0 Å². The molecule has 22 heavy (non-hydrogen) atoms. The van der Waals surface area contributed by atoms with Gasteiger partial charge in [-0.05, 0) is 30.3 Å². The Morgan fingerprint density at radius 1 is 1.18 bits per heavy atom. The Kier molecular flexibility index (Phi) is 4.58. The maximum absolute atomic E-state index is 12.5. The molecule has 0 bridgehead atoms. The van der Waals surface area contributed by atoms with Crippen molar-refractivity contribution in [3.05, 3.63) is 53.6 Å². The van der Waals surface area contributed by atoms with Crippen molar-refractivity contribution in [1.29, 1.82) is 0 Å². The zero-order valence-electron chi connectivity index (χ0n) is 11.3. The number of benzene rings is 2. The molecule has 2 aromatic carbocycles. The molecule has 0 fully saturated rings. The molecule has 6 nitrogen and oxygen atoms in total. The highest BCUT2D eigenvalue weighted by molar-refractivity contribution is 7.93. The predicted octanol–water partition coefficient (Wildman–Crippen LogP) is 2.47. The molecule has 0 aliphatic rings. The van der Waals surface area contributed by atoms with E-state index in [0.717, 1.165) is 4.31 Å². The Morgan fingerprint density at radius 3 is 2.41 bits per heavy atom. The first-order valence-corrected chi connectivity index (χ1v) is 8.15. The summed E-state index contributed by atoms with van der Waals surface area (Å²) in [6.07, 6.45) is 0. The van der Waals surface area contributed by atoms with Gasteiger partial charge in [0.25, 0.3) is 0 Å². The summed E-state index contributed by atoms with van der Waals surface area (Å²) in [6.45, 7) is 0. The lowest BCUT2D eigenvalue weighted by molar-refractivity contribution is -0.134. The molecule has 2 rings (SSSR count). The van der Waals surface area contributed by atoms with Crippen LogP contribution in [0.5, 0.6) is 0 Å². The third kappa shape index (κ3) is 3.49. The maximum atomic E-state index is 12.5. The van der Waals surface area contributed by atoms with E-state index < -0.39 is 21.7 Å². The molecule has 0 spiro atoms. The Hall–Kier alpha value is -2.25. The Labute approximate surface area is 132 Å². The molecule has 0 saturated carbocycles. The van der Waals surface area contributed by atoms with Crippen LogP contribution in [-0.4, -0.2) is 25.2 Å². The number of hydrogen-bond acceptors (Lipinski definition) is 4. The summed E-state index contributed by atoms with van der Waals surface area (Å²) in [5.41, 5.74) is 6.40. The van der Waals surface area contributed by atoms with Gasteiger partial charge in [0.05, 0.1) is 17.1 Å². The molecule has 0 radical (unpaired) electrons. The van der Waals surface area contributed by atoms with Gasteiger partial charge in [-0.1, -0.05) is 29.8 Å². The minimum Gasteiger partial charge on any atom is -0.480 e. The number of halogens is 1. The summed E-state index contributed by atoms with van der Waals surface area (Å²) < 4.78 is 25.8. The lowest BCUT2D eigenvalue weighted by atomic mass is 10.2. The number of sulfonamides is 1. The Morgan fingerprint density at radius 2 is 1.82 bits per heavy atom. The lowest BCUT2D eigenvalue weighted by Gasteiger charge is -2.25. The van der Waals surface area contributed by atoms with E-state index in [9.17, 15) is 13.2 Å². The van der Waals surface area contributed by atoms with E-state index in [4.69, 9.17) is 22.4 Å². The molecule has 116 valence electrons. The second-order valence-electron chi connectivity index (χ2n) is 4.45. The molecule has 0 aliphatic carbocycles. The molecule has 0 saturated heterocycles. The van der Waals surface area contributed by atoms with Crippen molar-refractivity contribution in [1.82, 2.24) is 0 Å². The molecule has 8 heteroatoms. The summed E-state index contributed by atoms with van der Waals surface area (Å²) in [6, 6.07) is 12.4. The van der Waals surface area contributed by atoms with Crippen molar-refractivity contribution in [2.45, 2.75) is 0 Å². The summed E-state index contributed by atoms with van der Waals surface area (Å²) >= 11 is 5.91. The highest BCUT2D eigenvalue weighted by Gasteiger charge is 2.28. The molecule has 0 atom stereocenters. The SMILES string of the molecule is Nc1ccc(Cl)cc1N(c1ccccc1)S(=O)(=O)CC(=O)O. The Balaban J connectivity index is 2.66. The van der Waals surface area contributed by atoms with Gasteiger partial charge in [-0.25, -0.2) is 12.7 Å². The van der Waals surface area contributed by atoms with Crippen LogP contribution >= 0.6 is 11.6 Å². The van der Waals surface area contributed by atoms with Crippen LogP contribution in [0.15, 0.2) is 48.5 Å². The number of carboxylic acid groups (broad SMARTS) is 1. The molecule has 0 amide bonds. The van der Waals surface area contributed by atoms with Crippen molar-refractivity contribution >= 4 is 44.7 Å². The first kappa shape index (κ1) is 16.1. The van der Waals surface area contributed by atoms with Crippen LogP contribution in [0.3, 0.4) is 0 Å². The normalized spacial score (nSPS) is 11.1. The fourth-order valence-corrected chi connectivity index (χ4v) is 3.43. The fourth-order valence-electron chi connectivity index (χ4n) is 1.93. The quantitative estimate of drug-likeness (QED) is 0.814. The molecule has 2 aromatic rings. The first-order chi connectivity index (χ1) is 10.3. The number of carbonyl (C=O) groups is 1. The van der Waals surface area contributed by atoms with E-state index in [1.807, 2.05) is 0 Å². The second-order valence-corrected chi connectivity index (χ2v) is 6.71. The molecule has 0 aromatic heterocycles. The van der Waals surface area contributed by atoms with Crippen molar-refractivity contribution in [2.24, 2.45) is 0 Å². The van der Waals surface area contributed by atoms with E-state index in [1.54, 1.807) is 30.3 Å². The second kappa shape index (κ2) is 6.25. The number of nitrogens with zero attached hydrogens (tertiary/aromatic N) is 1. The summed E-state index contributed by atoms with van der Waals surface area (Å²) in [7, 11) is -4.17. The number of nitrogen functional groups attached to an aromatic ring is 1. The van der Waals surface area contributed by atoms with Crippen LogP contribution in [-0.2, 0) is 14.8 Å². The smallest absolute Gasteiger partial charge is 0.320 e. The maximum Gasteiger partial charge on any atom is 0.320 e. The van der Waals surface area contributed by atoms with Crippen molar-refractivity contribution in [3.63, 3.8) is 0 Å². The number of nitrogens with two attached hydrogens (primary N) is 1. The number of anilines is 3. The highest BCUT2D eigenvalue weighted by atomic mass is 35.5. The minimum absolute atomic E-state index is 0.111. The van der Waals surface area contributed by atoms with Crippen molar-refractivity contribution in [2.75, 3.05) is 15.8 Å². The highest BCUT2D eigenvalue weighted by Crippen LogP contribution is 2.35. The average molecular weight is 341 g/mol. The van der Waals surface area contributed by atoms with Crippen LogP contribution in [0.1, 0.15) is 0 Å². The van der Waals surface area contributed by atoms with Crippen molar-refractivity contribution in [3.8, 4) is 0 Å². The van der Waals surface area contributed by atoms with Gasteiger partial charge >= 0.3 is 5.97 Å². The number of hydrogen-bond donors (Lipinski definition) is 2. The summed E-state index contributed by atoms with van der Waals surface area (Å²) in [5, 5.41) is 9.14. The number of carboxylic acids is 1. The summed E-state index contributed by atoms with van der Waals surface area (Å²) in [5.74, 6) is -2.52. The fraction of sp³-hybridized carbons (Fsp3) is 0.0714. The lowest BCUT2D eigenvalue weighted by Crippen LogP contribution is -2.32. The van der Waals surface area contributed by atoms with Gasteiger partial charge in [0.2, 0.25) is 10.0 Å². The number of para-hydroxylation sites is 1. The third-order valence-electron chi connectivity index (χ3n) is 2.79. The van der Waals surface area contributed by atoms with Crippen LogP contribution in [0.25, 0.3) is 0 Å². The van der Waals surface area contributed by atoms with Gasteiger partial charge in [0.15, 0.2) is 5.75 Å². The van der Waals surface area contributed by atoms with E-state index in [-0.39, 0.29) is 22.1 Å². The van der Waals surface area contributed by atoms with Crippen molar-refractivity contribution < 1.29 is 18.3 Å². The predicted molar refractivity (Wildman–Crippen MR) is 85.9 cm³/mol. The van der Waals surface area contributed by atoms with Gasteiger partial charge in [0, 0.05) is 5.02 Å². The molecule has 0 aliphatic heterocycles.